The van der Waals surface area contributed by atoms with Crippen LogP contribution in [-0.2, 0) is 4.79 Å². The molecule has 0 saturated carbocycles. The largest absolute Gasteiger partial charge is 0.336 e. The van der Waals surface area contributed by atoms with Gasteiger partial charge in [-0.3, -0.25) is 14.5 Å². The van der Waals surface area contributed by atoms with E-state index in [-0.39, 0.29) is 17.9 Å². The van der Waals surface area contributed by atoms with Crippen molar-refractivity contribution in [2.45, 2.75) is 13.0 Å². The average molecular weight is 386 g/mol. The normalized spacial score (nSPS) is 16.0. The van der Waals surface area contributed by atoms with Gasteiger partial charge in [-0.15, -0.1) is 0 Å². The van der Waals surface area contributed by atoms with Crippen LogP contribution in [0.15, 0.2) is 54.6 Å². The van der Waals surface area contributed by atoms with Gasteiger partial charge in [0.25, 0.3) is 5.91 Å². The van der Waals surface area contributed by atoms with Gasteiger partial charge in [-0.2, -0.15) is 0 Å². The number of carbonyl (C=O) groups excluding carboxylic acids is 2. The Kier molecular flexibility index (Phi) is 6.14. The number of amides is 2. The first-order valence-corrected chi connectivity index (χ1v) is 9.47. The summed E-state index contributed by atoms with van der Waals surface area (Å²) in [5.74, 6) is -0.00675. The molecule has 0 bridgehead atoms. The predicted octanol–water partition coefficient (Wildman–Crippen LogP) is 3.15. The summed E-state index contributed by atoms with van der Waals surface area (Å²) in [5.41, 5.74) is 1.41. The van der Waals surface area contributed by atoms with Crippen molar-refractivity contribution in [3.05, 3.63) is 65.2 Å². The predicted molar refractivity (Wildman–Crippen MR) is 108 cm³/mol. The zero-order valence-electron chi connectivity index (χ0n) is 15.6. The van der Waals surface area contributed by atoms with E-state index in [1.807, 2.05) is 49.4 Å². The summed E-state index contributed by atoms with van der Waals surface area (Å²) in [5, 5.41) is 0.470. The molecule has 5 nitrogen and oxygen atoms in total. The molecule has 142 valence electrons. The summed E-state index contributed by atoms with van der Waals surface area (Å²) in [6.45, 7) is 4.40. The van der Waals surface area contributed by atoms with Crippen LogP contribution in [0.25, 0.3) is 0 Å². The Morgan fingerprint density at radius 1 is 0.963 bits per heavy atom. The number of likely N-dealkylation sites (N-methyl/N-ethyl adjacent to an activating group) is 1. The lowest BCUT2D eigenvalue weighted by atomic mass is 10.1. The second kappa shape index (κ2) is 8.55. The second-order valence-corrected chi connectivity index (χ2v) is 7.12. The van der Waals surface area contributed by atoms with Gasteiger partial charge < -0.3 is 9.80 Å². The van der Waals surface area contributed by atoms with Crippen molar-refractivity contribution < 1.29 is 9.59 Å². The quantitative estimate of drug-likeness (QED) is 0.812. The standard InChI is InChI=1S/C21H24ClN3O2/c1-16(20(26)23(2)17-8-4-3-5-9-17)24-12-14-25(15-13-24)21(27)18-10-6-7-11-19(18)22/h3-11,16H,12-15H2,1-2H3/t16-/m1/s1. The first kappa shape index (κ1) is 19.4. The van der Waals surface area contributed by atoms with E-state index < -0.39 is 0 Å². The summed E-state index contributed by atoms with van der Waals surface area (Å²) < 4.78 is 0. The summed E-state index contributed by atoms with van der Waals surface area (Å²) in [6, 6.07) is 16.5. The third-order valence-corrected chi connectivity index (χ3v) is 5.41. The number of hydrogen-bond acceptors (Lipinski definition) is 3. The molecule has 1 atom stereocenters. The molecule has 0 radical (unpaired) electrons. The first-order chi connectivity index (χ1) is 13.0. The van der Waals surface area contributed by atoms with Gasteiger partial charge in [-0.1, -0.05) is 41.9 Å². The van der Waals surface area contributed by atoms with Crippen molar-refractivity contribution in [3.8, 4) is 0 Å². The Bertz CT molecular complexity index is 804. The maximum absolute atomic E-state index is 12.8. The Morgan fingerprint density at radius 2 is 1.56 bits per heavy atom. The van der Waals surface area contributed by atoms with Crippen molar-refractivity contribution in [2.75, 3.05) is 38.1 Å². The Labute approximate surface area is 165 Å². The van der Waals surface area contributed by atoms with Crippen LogP contribution in [0.1, 0.15) is 17.3 Å². The lowest BCUT2D eigenvalue weighted by molar-refractivity contribution is -0.123. The van der Waals surface area contributed by atoms with Crippen LogP contribution in [0.3, 0.4) is 0 Å². The van der Waals surface area contributed by atoms with Crippen molar-refractivity contribution in [1.29, 1.82) is 0 Å². The Morgan fingerprint density at radius 3 is 2.19 bits per heavy atom. The molecule has 1 aliphatic heterocycles. The van der Waals surface area contributed by atoms with E-state index in [0.29, 0.717) is 36.8 Å². The minimum Gasteiger partial charge on any atom is -0.336 e. The molecule has 27 heavy (non-hydrogen) atoms. The molecule has 2 aromatic rings. The van der Waals surface area contributed by atoms with E-state index in [0.717, 1.165) is 5.69 Å². The van der Waals surface area contributed by atoms with Gasteiger partial charge in [-0.25, -0.2) is 0 Å². The fourth-order valence-corrected chi connectivity index (χ4v) is 3.55. The molecule has 3 rings (SSSR count). The topological polar surface area (TPSA) is 43.9 Å². The average Bonchev–Trinajstić information content (AvgIpc) is 2.73. The van der Waals surface area contributed by atoms with Crippen LogP contribution in [0.4, 0.5) is 5.69 Å². The van der Waals surface area contributed by atoms with Gasteiger partial charge in [0.05, 0.1) is 16.6 Å². The maximum Gasteiger partial charge on any atom is 0.255 e. The molecule has 0 spiro atoms. The second-order valence-electron chi connectivity index (χ2n) is 6.72. The third kappa shape index (κ3) is 4.31. The number of anilines is 1. The van der Waals surface area contributed by atoms with Crippen LogP contribution in [-0.4, -0.2) is 60.9 Å². The van der Waals surface area contributed by atoms with Gasteiger partial charge in [-0.05, 0) is 31.2 Å². The highest BCUT2D eigenvalue weighted by atomic mass is 35.5. The van der Waals surface area contributed by atoms with E-state index >= 15 is 0 Å². The van der Waals surface area contributed by atoms with Crippen molar-refractivity contribution >= 4 is 29.1 Å². The van der Waals surface area contributed by atoms with E-state index in [4.69, 9.17) is 11.6 Å². The SMILES string of the molecule is C[C@H](C(=O)N(C)c1ccccc1)N1CCN(C(=O)c2ccccc2Cl)CC1. The number of hydrogen-bond donors (Lipinski definition) is 0. The van der Waals surface area contributed by atoms with Gasteiger partial charge in [0, 0.05) is 38.9 Å². The fourth-order valence-electron chi connectivity index (χ4n) is 3.33. The number of carbonyl (C=O) groups is 2. The molecule has 0 aliphatic carbocycles. The number of para-hydroxylation sites is 1. The van der Waals surface area contributed by atoms with E-state index in [9.17, 15) is 9.59 Å². The summed E-state index contributed by atoms with van der Waals surface area (Å²) in [4.78, 5) is 31.1. The van der Waals surface area contributed by atoms with Crippen LogP contribution in [0, 0.1) is 0 Å². The third-order valence-electron chi connectivity index (χ3n) is 5.08. The van der Waals surface area contributed by atoms with Crippen LogP contribution < -0.4 is 4.90 Å². The highest BCUT2D eigenvalue weighted by molar-refractivity contribution is 6.33. The van der Waals surface area contributed by atoms with Gasteiger partial charge in [0.15, 0.2) is 0 Å². The van der Waals surface area contributed by atoms with E-state index in [1.165, 1.54) is 0 Å². The molecule has 1 heterocycles. The molecule has 2 aromatic carbocycles. The summed E-state index contributed by atoms with van der Waals surface area (Å²) in [6.07, 6.45) is 0. The Hall–Kier alpha value is -2.37. The van der Waals surface area contributed by atoms with Gasteiger partial charge >= 0.3 is 0 Å². The molecule has 0 unspecified atom stereocenters. The monoisotopic (exact) mass is 385 g/mol. The molecular weight excluding hydrogens is 362 g/mol. The van der Waals surface area contributed by atoms with E-state index in [2.05, 4.69) is 4.90 Å². The van der Waals surface area contributed by atoms with Crippen molar-refractivity contribution in [1.82, 2.24) is 9.80 Å². The van der Waals surface area contributed by atoms with Crippen molar-refractivity contribution in [3.63, 3.8) is 0 Å². The highest BCUT2D eigenvalue weighted by Crippen LogP contribution is 2.19. The number of rotatable bonds is 4. The fraction of sp³-hybridized carbons (Fsp3) is 0.333. The molecule has 2 amide bonds. The minimum atomic E-state index is -0.243. The smallest absolute Gasteiger partial charge is 0.255 e. The van der Waals surface area contributed by atoms with Gasteiger partial charge in [0.1, 0.15) is 0 Å². The summed E-state index contributed by atoms with van der Waals surface area (Å²) >= 11 is 6.14. The number of nitrogens with zero attached hydrogens (tertiary/aromatic N) is 3. The number of piperazine rings is 1. The van der Waals surface area contributed by atoms with Gasteiger partial charge in [0.2, 0.25) is 5.91 Å². The molecular formula is C21H24ClN3O2. The lowest BCUT2D eigenvalue weighted by Crippen LogP contribution is -2.55. The maximum atomic E-state index is 12.8. The number of halogens is 1. The zero-order valence-corrected chi connectivity index (χ0v) is 16.4. The first-order valence-electron chi connectivity index (χ1n) is 9.09. The van der Waals surface area contributed by atoms with Crippen LogP contribution >= 0.6 is 11.6 Å². The molecule has 1 aliphatic rings. The molecule has 1 saturated heterocycles. The number of benzene rings is 2. The molecule has 6 heteroatoms. The Balaban J connectivity index is 1.59. The van der Waals surface area contributed by atoms with Crippen LogP contribution in [0.5, 0.6) is 0 Å². The highest BCUT2D eigenvalue weighted by Gasteiger charge is 2.30. The van der Waals surface area contributed by atoms with Crippen LogP contribution in [0.2, 0.25) is 5.02 Å². The molecule has 0 aromatic heterocycles. The summed E-state index contributed by atoms with van der Waals surface area (Å²) in [7, 11) is 1.80. The lowest BCUT2D eigenvalue weighted by Gasteiger charge is -2.38. The zero-order chi connectivity index (χ0) is 19.4. The van der Waals surface area contributed by atoms with E-state index in [1.54, 1.807) is 29.0 Å². The molecule has 1 fully saturated rings. The molecule has 0 N–H and O–H groups in total. The minimum absolute atomic E-state index is 0.0482. The van der Waals surface area contributed by atoms with Crippen molar-refractivity contribution in [2.24, 2.45) is 0 Å².